The van der Waals surface area contributed by atoms with Gasteiger partial charge in [-0.05, 0) is 35.4 Å². The highest BCUT2D eigenvalue weighted by atomic mass is 32.2. The third kappa shape index (κ3) is 4.84. The summed E-state index contributed by atoms with van der Waals surface area (Å²) in [6.45, 7) is 0. The third-order valence-corrected chi connectivity index (χ3v) is 4.80. The van der Waals surface area contributed by atoms with Crippen molar-refractivity contribution in [3.63, 3.8) is 0 Å². The van der Waals surface area contributed by atoms with Gasteiger partial charge in [-0.2, -0.15) is 0 Å². The Kier molecular flexibility index (Phi) is 6.63. The van der Waals surface area contributed by atoms with Crippen LogP contribution in [0.15, 0.2) is 84.9 Å². The van der Waals surface area contributed by atoms with Crippen molar-refractivity contribution in [3.8, 4) is 0 Å². The minimum atomic E-state index is -0.422. The first-order valence-corrected chi connectivity index (χ1v) is 9.66. The van der Waals surface area contributed by atoms with Gasteiger partial charge in [0.1, 0.15) is 0 Å². The number of nitrogens with zero attached hydrogens (tertiary/aromatic N) is 1. The minimum absolute atomic E-state index is 0.422. The molecule has 0 aliphatic rings. The Balaban J connectivity index is 1.68. The zero-order valence-corrected chi connectivity index (χ0v) is 15.7. The molecule has 0 saturated carbocycles. The zero-order chi connectivity index (χ0) is 18.2. The minimum Gasteiger partial charge on any atom is -0.374 e. The summed E-state index contributed by atoms with van der Waals surface area (Å²) in [5.74, 6) is 1.19. The van der Waals surface area contributed by atoms with Gasteiger partial charge in [-0.25, -0.2) is 9.69 Å². The molecule has 0 heterocycles. The van der Waals surface area contributed by atoms with Crippen LogP contribution in [-0.2, 0) is 15.7 Å². The number of carbonyl (C=O) groups is 1. The van der Waals surface area contributed by atoms with Crippen molar-refractivity contribution in [2.24, 2.45) is 0 Å². The molecular weight excluding hydrogens is 362 g/mol. The van der Waals surface area contributed by atoms with Crippen molar-refractivity contribution in [2.45, 2.75) is 11.5 Å². The molecule has 0 aliphatic heterocycles. The molecule has 3 rings (SSSR count). The van der Waals surface area contributed by atoms with E-state index in [1.165, 1.54) is 0 Å². The molecule has 0 saturated heterocycles. The van der Waals surface area contributed by atoms with Gasteiger partial charge < -0.3 is 4.18 Å². The van der Waals surface area contributed by atoms with E-state index in [2.05, 4.69) is 0 Å². The van der Waals surface area contributed by atoms with E-state index in [9.17, 15) is 4.79 Å². The topological polar surface area (TPSA) is 29.5 Å². The van der Waals surface area contributed by atoms with E-state index >= 15 is 0 Å². The summed E-state index contributed by atoms with van der Waals surface area (Å²) in [4.78, 5) is 14.3. The summed E-state index contributed by atoms with van der Waals surface area (Å²) >= 11 is 6.15. The van der Waals surface area contributed by atoms with E-state index in [0.717, 1.165) is 34.5 Å². The van der Waals surface area contributed by atoms with Crippen LogP contribution >= 0.6 is 24.7 Å². The van der Waals surface area contributed by atoms with Crippen LogP contribution in [0.1, 0.15) is 11.1 Å². The molecule has 0 spiro atoms. The van der Waals surface area contributed by atoms with Crippen LogP contribution in [0.3, 0.4) is 0 Å². The SMILES string of the molecule is O=C(OSCc1ccc(C[S])cc1)N(c1ccccc1)c1ccccc1. The van der Waals surface area contributed by atoms with E-state index < -0.39 is 6.09 Å². The summed E-state index contributed by atoms with van der Waals surface area (Å²) < 4.78 is 5.46. The normalized spacial score (nSPS) is 10.3. The Morgan fingerprint density at radius 2 is 1.31 bits per heavy atom. The van der Waals surface area contributed by atoms with Crippen molar-refractivity contribution < 1.29 is 8.98 Å². The first-order chi connectivity index (χ1) is 12.8. The van der Waals surface area contributed by atoms with Gasteiger partial charge in [0.25, 0.3) is 0 Å². The third-order valence-electron chi connectivity index (χ3n) is 3.76. The molecule has 0 atom stereocenters. The maximum absolute atomic E-state index is 12.7. The van der Waals surface area contributed by atoms with E-state index in [4.69, 9.17) is 16.8 Å². The molecule has 0 aromatic heterocycles. The van der Waals surface area contributed by atoms with Crippen LogP contribution in [0.25, 0.3) is 0 Å². The van der Waals surface area contributed by atoms with Crippen LogP contribution in [0.4, 0.5) is 16.2 Å². The van der Waals surface area contributed by atoms with Gasteiger partial charge in [-0.15, -0.1) is 0 Å². The van der Waals surface area contributed by atoms with Gasteiger partial charge in [-0.1, -0.05) is 73.3 Å². The van der Waals surface area contributed by atoms with Crippen LogP contribution in [0, 0.1) is 0 Å². The highest BCUT2D eigenvalue weighted by Crippen LogP contribution is 2.27. The maximum atomic E-state index is 12.7. The number of benzene rings is 3. The summed E-state index contributed by atoms with van der Waals surface area (Å²) in [6.07, 6.45) is -0.422. The molecule has 0 unspecified atom stereocenters. The number of para-hydroxylation sites is 2. The van der Waals surface area contributed by atoms with E-state index in [-0.39, 0.29) is 0 Å². The molecule has 1 radical (unpaired) electrons. The molecule has 0 fully saturated rings. The molecule has 131 valence electrons. The number of hydrogen-bond donors (Lipinski definition) is 0. The summed E-state index contributed by atoms with van der Waals surface area (Å²) in [6, 6.07) is 27.0. The zero-order valence-electron chi connectivity index (χ0n) is 14.1. The van der Waals surface area contributed by atoms with Gasteiger partial charge in [0, 0.05) is 5.75 Å². The molecule has 3 aromatic carbocycles. The lowest BCUT2D eigenvalue weighted by molar-refractivity contribution is 0.218. The Morgan fingerprint density at radius 3 is 1.81 bits per heavy atom. The van der Waals surface area contributed by atoms with E-state index in [1.807, 2.05) is 84.9 Å². The molecule has 0 N–H and O–H groups in total. The number of carbonyl (C=O) groups excluding carboxylic acids is 1. The molecule has 3 aromatic rings. The second-order valence-corrected chi connectivity index (χ2v) is 6.56. The predicted molar refractivity (Wildman–Crippen MR) is 111 cm³/mol. The van der Waals surface area contributed by atoms with Gasteiger partial charge in [0.2, 0.25) is 0 Å². The maximum Gasteiger partial charge on any atom is 0.431 e. The monoisotopic (exact) mass is 380 g/mol. The van der Waals surface area contributed by atoms with Crippen LogP contribution in [-0.4, -0.2) is 6.09 Å². The van der Waals surface area contributed by atoms with Gasteiger partial charge >= 0.3 is 6.09 Å². The highest BCUT2D eigenvalue weighted by Gasteiger charge is 2.19. The molecule has 5 heteroatoms. The van der Waals surface area contributed by atoms with Crippen molar-refractivity contribution in [2.75, 3.05) is 4.90 Å². The second-order valence-electron chi connectivity index (χ2n) is 5.58. The lowest BCUT2D eigenvalue weighted by Crippen LogP contribution is -2.24. The standard InChI is InChI=1S/C21H18NO2S2/c23-21(24-26-16-18-13-11-17(15-25)12-14-18)22(19-7-3-1-4-8-19)20-9-5-2-6-10-20/h1-14H,15-16H2. The fraction of sp³-hybridized carbons (Fsp3) is 0.0952. The van der Waals surface area contributed by atoms with E-state index in [0.29, 0.717) is 11.5 Å². The van der Waals surface area contributed by atoms with E-state index in [1.54, 1.807) is 4.90 Å². The number of amides is 1. The smallest absolute Gasteiger partial charge is 0.374 e. The van der Waals surface area contributed by atoms with Crippen molar-refractivity contribution in [1.29, 1.82) is 0 Å². The number of rotatable bonds is 6. The largest absolute Gasteiger partial charge is 0.431 e. The Morgan fingerprint density at radius 1 is 0.808 bits per heavy atom. The average molecular weight is 381 g/mol. The van der Waals surface area contributed by atoms with Crippen LogP contribution < -0.4 is 4.90 Å². The molecule has 0 aliphatic carbocycles. The lowest BCUT2D eigenvalue weighted by Gasteiger charge is -2.21. The van der Waals surface area contributed by atoms with Crippen molar-refractivity contribution >= 4 is 42.1 Å². The first kappa shape index (κ1) is 18.4. The molecule has 3 nitrogen and oxygen atoms in total. The molecular formula is C21H18NO2S2. The van der Waals surface area contributed by atoms with Crippen molar-refractivity contribution in [3.05, 3.63) is 96.1 Å². The highest BCUT2D eigenvalue weighted by molar-refractivity contribution is 7.94. The molecule has 26 heavy (non-hydrogen) atoms. The number of anilines is 2. The fourth-order valence-electron chi connectivity index (χ4n) is 2.43. The van der Waals surface area contributed by atoms with Crippen molar-refractivity contribution in [1.82, 2.24) is 0 Å². The lowest BCUT2D eigenvalue weighted by atomic mass is 10.2. The summed E-state index contributed by atoms with van der Waals surface area (Å²) in [5.41, 5.74) is 3.73. The Hall–Kier alpha value is -2.37. The van der Waals surface area contributed by atoms with Crippen LogP contribution in [0.2, 0.25) is 0 Å². The Labute approximate surface area is 163 Å². The van der Waals surface area contributed by atoms with Gasteiger partial charge in [-0.3, -0.25) is 0 Å². The first-order valence-electron chi connectivity index (χ1n) is 8.17. The fourth-order valence-corrected chi connectivity index (χ4v) is 3.19. The summed E-state index contributed by atoms with van der Waals surface area (Å²) in [7, 11) is 0. The second kappa shape index (κ2) is 9.36. The molecule has 1 amide bonds. The van der Waals surface area contributed by atoms with Gasteiger partial charge in [0.15, 0.2) is 0 Å². The number of hydrogen-bond acceptors (Lipinski definition) is 3. The molecule has 0 bridgehead atoms. The average Bonchev–Trinajstić information content (AvgIpc) is 2.70. The quantitative estimate of drug-likeness (QED) is 0.457. The predicted octanol–water partition coefficient (Wildman–Crippen LogP) is 6.51. The Bertz CT molecular complexity index is 784. The summed E-state index contributed by atoms with van der Waals surface area (Å²) in [5, 5.41) is 0. The van der Waals surface area contributed by atoms with Gasteiger partial charge in [0.05, 0.1) is 29.2 Å². The van der Waals surface area contributed by atoms with Crippen LogP contribution in [0.5, 0.6) is 0 Å².